The minimum absolute atomic E-state index is 0.128. The molecule has 1 N–H and O–H groups in total. The number of halogens is 2. The van der Waals surface area contributed by atoms with Crippen LogP contribution in [0.25, 0.3) is 0 Å². The van der Waals surface area contributed by atoms with Crippen molar-refractivity contribution in [3.63, 3.8) is 0 Å². The lowest BCUT2D eigenvalue weighted by Crippen LogP contribution is -2.55. The molecule has 1 unspecified atom stereocenters. The summed E-state index contributed by atoms with van der Waals surface area (Å²) in [7, 11) is 0. The lowest BCUT2D eigenvalue weighted by molar-refractivity contribution is -0.139. The van der Waals surface area contributed by atoms with Gasteiger partial charge in [-0.05, 0) is 32.0 Å². The Kier molecular flexibility index (Phi) is 4.59. The highest BCUT2D eigenvalue weighted by atomic mass is 35.5. The Morgan fingerprint density at radius 2 is 2.20 bits per heavy atom. The molecule has 0 aromatic heterocycles. The van der Waals surface area contributed by atoms with E-state index in [1.807, 2.05) is 13.8 Å². The summed E-state index contributed by atoms with van der Waals surface area (Å²) in [5.41, 5.74) is -0.139. The molecule has 1 aromatic carbocycles. The Bertz CT molecular complexity index is 519. The molecule has 1 aliphatic rings. The van der Waals surface area contributed by atoms with Crippen molar-refractivity contribution in [3.05, 3.63) is 33.8 Å². The number of amides is 1. The van der Waals surface area contributed by atoms with Crippen molar-refractivity contribution in [3.8, 4) is 0 Å². The zero-order valence-corrected chi connectivity index (χ0v) is 12.9. The van der Waals surface area contributed by atoms with Crippen LogP contribution in [0.4, 0.5) is 0 Å². The highest BCUT2D eigenvalue weighted by Gasteiger charge is 2.36. The van der Waals surface area contributed by atoms with Gasteiger partial charge in [0.15, 0.2) is 0 Å². The van der Waals surface area contributed by atoms with Crippen molar-refractivity contribution in [2.24, 2.45) is 0 Å². The first-order valence-electron chi connectivity index (χ1n) is 6.35. The third-order valence-electron chi connectivity index (χ3n) is 3.13. The van der Waals surface area contributed by atoms with Gasteiger partial charge < -0.3 is 14.7 Å². The van der Waals surface area contributed by atoms with E-state index in [2.05, 4.69) is 0 Å². The molecular formula is C14H17Cl2NO3. The fourth-order valence-electron chi connectivity index (χ4n) is 2.38. The molecule has 0 spiro atoms. The molecule has 20 heavy (non-hydrogen) atoms. The SMILES string of the molecule is CC1(C)CN(C(=O)c2cc(Cl)ccc2Cl)CC(CO)O1. The van der Waals surface area contributed by atoms with Crippen LogP contribution in [0.1, 0.15) is 24.2 Å². The van der Waals surface area contributed by atoms with Gasteiger partial charge in [-0.3, -0.25) is 4.79 Å². The second-order valence-corrected chi connectivity index (χ2v) is 6.34. The van der Waals surface area contributed by atoms with Gasteiger partial charge >= 0.3 is 0 Å². The average Bonchev–Trinajstić information content (AvgIpc) is 2.38. The Labute approximate surface area is 128 Å². The van der Waals surface area contributed by atoms with Crippen molar-refractivity contribution in [1.29, 1.82) is 0 Å². The average molecular weight is 318 g/mol. The molecule has 1 aromatic rings. The topological polar surface area (TPSA) is 49.8 Å². The van der Waals surface area contributed by atoms with Gasteiger partial charge in [0.25, 0.3) is 5.91 Å². The fourth-order valence-corrected chi connectivity index (χ4v) is 2.75. The molecule has 1 atom stereocenters. The number of morpholine rings is 1. The molecule has 4 nitrogen and oxygen atoms in total. The monoisotopic (exact) mass is 317 g/mol. The smallest absolute Gasteiger partial charge is 0.255 e. The number of hydrogen-bond donors (Lipinski definition) is 1. The zero-order valence-electron chi connectivity index (χ0n) is 11.4. The number of aliphatic hydroxyl groups excluding tert-OH is 1. The molecule has 1 amide bonds. The molecule has 1 saturated heterocycles. The summed E-state index contributed by atoms with van der Waals surface area (Å²) >= 11 is 12.0. The number of hydrogen-bond acceptors (Lipinski definition) is 3. The van der Waals surface area contributed by atoms with Gasteiger partial charge in [0.2, 0.25) is 0 Å². The molecule has 0 radical (unpaired) electrons. The van der Waals surface area contributed by atoms with Crippen LogP contribution in [0.2, 0.25) is 10.0 Å². The van der Waals surface area contributed by atoms with Crippen molar-refractivity contribution in [2.45, 2.75) is 25.6 Å². The maximum Gasteiger partial charge on any atom is 0.255 e. The minimum atomic E-state index is -0.508. The summed E-state index contributed by atoms with van der Waals surface area (Å²) < 4.78 is 5.69. The van der Waals surface area contributed by atoms with Gasteiger partial charge in [-0.1, -0.05) is 23.2 Å². The van der Waals surface area contributed by atoms with Gasteiger partial charge in [-0.15, -0.1) is 0 Å². The minimum Gasteiger partial charge on any atom is -0.394 e. The van der Waals surface area contributed by atoms with Crippen LogP contribution < -0.4 is 0 Å². The van der Waals surface area contributed by atoms with E-state index >= 15 is 0 Å². The second-order valence-electron chi connectivity index (χ2n) is 5.49. The van der Waals surface area contributed by atoms with Gasteiger partial charge in [0, 0.05) is 18.1 Å². The first-order valence-corrected chi connectivity index (χ1v) is 7.11. The maximum absolute atomic E-state index is 12.6. The predicted octanol–water partition coefficient (Wildman–Crippen LogP) is 2.61. The molecule has 0 saturated carbocycles. The van der Waals surface area contributed by atoms with Gasteiger partial charge in [-0.2, -0.15) is 0 Å². The van der Waals surface area contributed by atoms with Gasteiger partial charge in [0.1, 0.15) is 0 Å². The highest BCUT2D eigenvalue weighted by molar-refractivity contribution is 6.35. The third kappa shape index (κ3) is 3.44. The van der Waals surface area contributed by atoms with Crippen LogP contribution in [0, 0.1) is 0 Å². The molecule has 6 heteroatoms. The Hall–Kier alpha value is -0.810. The number of benzene rings is 1. The van der Waals surface area contributed by atoms with Crippen molar-refractivity contribution >= 4 is 29.1 Å². The van der Waals surface area contributed by atoms with E-state index in [1.165, 1.54) is 0 Å². The highest BCUT2D eigenvalue weighted by Crippen LogP contribution is 2.26. The van der Waals surface area contributed by atoms with Gasteiger partial charge in [0.05, 0.1) is 28.9 Å². The number of carbonyl (C=O) groups excluding carboxylic acids is 1. The summed E-state index contributed by atoms with van der Waals surface area (Å²) in [6.45, 7) is 4.41. The number of rotatable bonds is 2. The van der Waals surface area contributed by atoms with E-state index in [-0.39, 0.29) is 18.6 Å². The largest absolute Gasteiger partial charge is 0.394 e. The van der Waals surface area contributed by atoms with E-state index < -0.39 is 5.60 Å². The van der Waals surface area contributed by atoms with Crippen LogP contribution >= 0.6 is 23.2 Å². The summed E-state index contributed by atoms with van der Waals surface area (Å²) in [6, 6.07) is 4.80. The molecule has 1 heterocycles. The van der Waals surface area contributed by atoms with Crippen molar-refractivity contribution in [1.82, 2.24) is 4.90 Å². The van der Waals surface area contributed by atoms with E-state index in [9.17, 15) is 9.90 Å². The Morgan fingerprint density at radius 3 is 2.85 bits per heavy atom. The van der Waals surface area contributed by atoms with Crippen LogP contribution in [-0.2, 0) is 4.74 Å². The molecule has 2 rings (SSSR count). The molecular weight excluding hydrogens is 301 g/mol. The number of aliphatic hydroxyl groups is 1. The summed E-state index contributed by atoms with van der Waals surface area (Å²) in [6.07, 6.45) is -0.388. The molecule has 0 aliphatic carbocycles. The molecule has 110 valence electrons. The molecule has 1 aliphatic heterocycles. The standard InChI is InChI=1S/C14H17Cl2NO3/c1-14(2)8-17(6-10(7-18)20-14)13(19)11-5-9(15)3-4-12(11)16/h3-5,10,18H,6-8H2,1-2H3. The summed E-state index contributed by atoms with van der Waals surface area (Å²) in [5.74, 6) is -0.202. The summed E-state index contributed by atoms with van der Waals surface area (Å²) in [4.78, 5) is 14.2. The number of carbonyl (C=O) groups is 1. The van der Waals surface area contributed by atoms with Crippen LogP contribution in [0.5, 0.6) is 0 Å². The first-order chi connectivity index (χ1) is 9.32. The fraction of sp³-hybridized carbons (Fsp3) is 0.500. The van der Waals surface area contributed by atoms with Crippen molar-refractivity contribution < 1.29 is 14.6 Å². The van der Waals surface area contributed by atoms with Crippen molar-refractivity contribution in [2.75, 3.05) is 19.7 Å². The lowest BCUT2D eigenvalue weighted by Gasteiger charge is -2.42. The van der Waals surface area contributed by atoms with Crippen LogP contribution in [0.3, 0.4) is 0 Å². The van der Waals surface area contributed by atoms with Crippen LogP contribution in [0.15, 0.2) is 18.2 Å². The van der Waals surface area contributed by atoms with Crippen LogP contribution in [-0.4, -0.2) is 47.3 Å². The normalized spacial score (nSPS) is 21.9. The zero-order chi connectivity index (χ0) is 14.9. The van der Waals surface area contributed by atoms with E-state index in [0.29, 0.717) is 28.7 Å². The first kappa shape index (κ1) is 15.6. The summed E-state index contributed by atoms with van der Waals surface area (Å²) in [5, 5.41) is 10.1. The molecule has 0 bridgehead atoms. The third-order valence-corrected chi connectivity index (χ3v) is 3.70. The lowest BCUT2D eigenvalue weighted by atomic mass is 10.0. The molecule has 1 fully saturated rings. The predicted molar refractivity (Wildman–Crippen MR) is 78.4 cm³/mol. The maximum atomic E-state index is 12.6. The van der Waals surface area contributed by atoms with Gasteiger partial charge in [-0.25, -0.2) is 0 Å². The number of ether oxygens (including phenoxy) is 1. The van der Waals surface area contributed by atoms with E-state index in [0.717, 1.165) is 0 Å². The number of nitrogens with zero attached hydrogens (tertiary/aromatic N) is 1. The quantitative estimate of drug-likeness (QED) is 0.912. The Morgan fingerprint density at radius 1 is 1.50 bits per heavy atom. The Balaban J connectivity index is 2.25. The second kappa shape index (κ2) is 5.90. The van der Waals surface area contributed by atoms with E-state index in [4.69, 9.17) is 27.9 Å². The van der Waals surface area contributed by atoms with E-state index in [1.54, 1.807) is 23.1 Å².